The molecule has 1 aliphatic rings. The summed E-state index contributed by atoms with van der Waals surface area (Å²) in [6.45, 7) is 4.56. The fourth-order valence-electron chi connectivity index (χ4n) is 3.25. The number of methoxy groups -OCH3 is 1. The number of benzene rings is 2. The highest BCUT2D eigenvalue weighted by Crippen LogP contribution is 2.29. The van der Waals surface area contributed by atoms with Gasteiger partial charge in [-0.15, -0.1) is 0 Å². The zero-order valence-electron chi connectivity index (χ0n) is 13.7. The monoisotopic (exact) mass is 311 g/mol. The number of para-hydroxylation sites is 2. The second-order valence-electron chi connectivity index (χ2n) is 5.96. The number of anilines is 1. The van der Waals surface area contributed by atoms with Crippen molar-refractivity contribution in [2.45, 2.75) is 12.6 Å². The van der Waals surface area contributed by atoms with E-state index in [-0.39, 0.29) is 0 Å². The van der Waals surface area contributed by atoms with Crippen molar-refractivity contribution >= 4 is 5.69 Å². The van der Waals surface area contributed by atoms with Crippen molar-refractivity contribution in [3.8, 4) is 5.75 Å². The lowest BCUT2D eigenvalue weighted by molar-refractivity contribution is 0.172. The zero-order valence-corrected chi connectivity index (χ0v) is 13.7. The Kier molecular flexibility index (Phi) is 5.16. The number of ether oxygens (including phenoxy) is 1. The summed E-state index contributed by atoms with van der Waals surface area (Å²) in [6.07, 6.45) is 0. The van der Waals surface area contributed by atoms with Crippen molar-refractivity contribution < 1.29 is 4.74 Å². The topological polar surface area (TPSA) is 41.7 Å². The molecule has 0 spiro atoms. The maximum atomic E-state index is 6.06. The van der Waals surface area contributed by atoms with Gasteiger partial charge in [0.1, 0.15) is 5.75 Å². The van der Waals surface area contributed by atoms with Crippen LogP contribution < -0.4 is 15.4 Å². The van der Waals surface area contributed by atoms with Crippen LogP contribution in [-0.4, -0.2) is 44.2 Å². The summed E-state index contributed by atoms with van der Waals surface area (Å²) < 4.78 is 5.50. The molecule has 1 heterocycles. The molecule has 2 aromatic rings. The fraction of sp³-hybridized carbons (Fsp3) is 0.368. The quantitative estimate of drug-likeness (QED) is 0.920. The van der Waals surface area contributed by atoms with Crippen LogP contribution >= 0.6 is 0 Å². The van der Waals surface area contributed by atoms with Gasteiger partial charge in [-0.3, -0.25) is 4.90 Å². The van der Waals surface area contributed by atoms with Crippen LogP contribution in [-0.2, 0) is 6.54 Å². The highest BCUT2D eigenvalue weighted by atomic mass is 16.5. The summed E-state index contributed by atoms with van der Waals surface area (Å²) in [5.74, 6) is 0.930. The molecule has 4 heteroatoms. The molecular formula is C19H25N3O. The molecule has 3 rings (SSSR count). The average Bonchev–Trinajstić information content (AvgIpc) is 2.63. The van der Waals surface area contributed by atoms with Gasteiger partial charge in [-0.25, -0.2) is 0 Å². The molecule has 0 amide bonds. The standard InChI is InChI=1S/C19H25N3O/c1-23-19-10-6-5-9-18(19)22-12-11-21(17(13-20)15-22)14-16-7-3-2-4-8-16/h2-10,17H,11-15,20H2,1H3. The van der Waals surface area contributed by atoms with E-state index in [0.717, 1.165) is 37.6 Å². The van der Waals surface area contributed by atoms with Crippen molar-refractivity contribution in [1.82, 2.24) is 4.90 Å². The summed E-state index contributed by atoms with van der Waals surface area (Å²) in [5.41, 5.74) is 8.56. The van der Waals surface area contributed by atoms with E-state index >= 15 is 0 Å². The van der Waals surface area contributed by atoms with Crippen LogP contribution in [0.5, 0.6) is 5.75 Å². The Hall–Kier alpha value is -2.04. The number of nitrogens with two attached hydrogens (primary N) is 1. The van der Waals surface area contributed by atoms with Gasteiger partial charge in [0.25, 0.3) is 0 Å². The highest BCUT2D eigenvalue weighted by Gasteiger charge is 2.27. The van der Waals surface area contributed by atoms with E-state index in [1.165, 1.54) is 5.56 Å². The number of hydrogen-bond acceptors (Lipinski definition) is 4. The summed E-state index contributed by atoms with van der Waals surface area (Å²) in [4.78, 5) is 4.87. The molecule has 1 unspecified atom stereocenters. The first-order chi connectivity index (χ1) is 11.3. The molecule has 0 radical (unpaired) electrons. The van der Waals surface area contributed by atoms with Crippen molar-refractivity contribution in [1.29, 1.82) is 0 Å². The average molecular weight is 311 g/mol. The molecule has 122 valence electrons. The van der Waals surface area contributed by atoms with E-state index < -0.39 is 0 Å². The van der Waals surface area contributed by atoms with E-state index in [9.17, 15) is 0 Å². The third-order valence-electron chi connectivity index (χ3n) is 4.53. The molecule has 1 atom stereocenters. The minimum atomic E-state index is 0.355. The molecule has 2 N–H and O–H groups in total. The molecule has 23 heavy (non-hydrogen) atoms. The van der Waals surface area contributed by atoms with Crippen LogP contribution in [0.3, 0.4) is 0 Å². The van der Waals surface area contributed by atoms with E-state index in [4.69, 9.17) is 10.5 Å². The van der Waals surface area contributed by atoms with Crippen LogP contribution in [0.2, 0.25) is 0 Å². The number of hydrogen-bond donors (Lipinski definition) is 1. The lowest BCUT2D eigenvalue weighted by Gasteiger charge is -2.42. The first kappa shape index (κ1) is 15.8. The molecule has 0 aliphatic carbocycles. The van der Waals surface area contributed by atoms with Crippen molar-refractivity contribution in [2.24, 2.45) is 5.73 Å². The van der Waals surface area contributed by atoms with Crippen molar-refractivity contribution in [3.05, 3.63) is 60.2 Å². The predicted molar refractivity (Wildman–Crippen MR) is 94.9 cm³/mol. The molecule has 0 saturated carbocycles. The third-order valence-corrected chi connectivity index (χ3v) is 4.53. The summed E-state index contributed by atoms with van der Waals surface area (Å²) in [7, 11) is 1.73. The summed E-state index contributed by atoms with van der Waals surface area (Å²) in [6, 6.07) is 19.2. The Balaban J connectivity index is 1.71. The molecule has 1 saturated heterocycles. The summed E-state index contributed by atoms with van der Waals surface area (Å²) in [5, 5.41) is 0. The second-order valence-corrected chi connectivity index (χ2v) is 5.96. The normalized spacial score (nSPS) is 18.9. The van der Waals surface area contributed by atoms with Crippen LogP contribution in [0, 0.1) is 0 Å². The van der Waals surface area contributed by atoms with Crippen molar-refractivity contribution in [3.63, 3.8) is 0 Å². The van der Waals surface area contributed by atoms with Crippen LogP contribution in [0.25, 0.3) is 0 Å². The Bertz CT molecular complexity index is 617. The molecule has 0 aromatic heterocycles. The van der Waals surface area contributed by atoms with Gasteiger partial charge in [0, 0.05) is 38.8 Å². The Morgan fingerprint density at radius 3 is 2.52 bits per heavy atom. The maximum absolute atomic E-state index is 6.06. The van der Waals surface area contributed by atoms with Gasteiger partial charge < -0.3 is 15.4 Å². The molecule has 1 fully saturated rings. The number of nitrogens with zero attached hydrogens (tertiary/aromatic N) is 2. The fourth-order valence-corrected chi connectivity index (χ4v) is 3.25. The largest absolute Gasteiger partial charge is 0.495 e. The van der Waals surface area contributed by atoms with Crippen molar-refractivity contribution in [2.75, 3.05) is 38.2 Å². The van der Waals surface area contributed by atoms with E-state index in [2.05, 4.69) is 52.3 Å². The van der Waals surface area contributed by atoms with Crippen LogP contribution in [0.4, 0.5) is 5.69 Å². The van der Waals surface area contributed by atoms with Gasteiger partial charge in [-0.05, 0) is 17.7 Å². The van der Waals surface area contributed by atoms with E-state index in [1.807, 2.05) is 12.1 Å². The lowest BCUT2D eigenvalue weighted by atomic mass is 10.1. The molecule has 0 bridgehead atoms. The SMILES string of the molecule is COc1ccccc1N1CCN(Cc2ccccc2)C(CN)C1. The second kappa shape index (κ2) is 7.49. The molecule has 2 aromatic carbocycles. The number of piperazine rings is 1. The Morgan fingerprint density at radius 2 is 1.78 bits per heavy atom. The van der Waals surface area contributed by atoms with Gasteiger partial charge in [0.05, 0.1) is 12.8 Å². The Morgan fingerprint density at radius 1 is 1.04 bits per heavy atom. The minimum absolute atomic E-state index is 0.355. The van der Waals surface area contributed by atoms with Crippen LogP contribution in [0.1, 0.15) is 5.56 Å². The lowest BCUT2D eigenvalue weighted by Crippen LogP contribution is -2.55. The minimum Gasteiger partial charge on any atom is -0.495 e. The van der Waals surface area contributed by atoms with Gasteiger partial charge in [-0.2, -0.15) is 0 Å². The highest BCUT2D eigenvalue weighted by molar-refractivity contribution is 5.58. The van der Waals surface area contributed by atoms with E-state index in [0.29, 0.717) is 12.6 Å². The maximum Gasteiger partial charge on any atom is 0.142 e. The van der Waals surface area contributed by atoms with Gasteiger partial charge in [-0.1, -0.05) is 42.5 Å². The zero-order chi connectivity index (χ0) is 16.1. The molecule has 1 aliphatic heterocycles. The third kappa shape index (κ3) is 3.66. The van der Waals surface area contributed by atoms with Gasteiger partial charge in [0.2, 0.25) is 0 Å². The van der Waals surface area contributed by atoms with Gasteiger partial charge >= 0.3 is 0 Å². The first-order valence-electron chi connectivity index (χ1n) is 8.18. The van der Waals surface area contributed by atoms with Gasteiger partial charge in [0.15, 0.2) is 0 Å². The molecular weight excluding hydrogens is 286 g/mol. The predicted octanol–water partition coefficient (Wildman–Crippen LogP) is 2.34. The summed E-state index contributed by atoms with van der Waals surface area (Å²) >= 11 is 0. The number of rotatable bonds is 5. The van der Waals surface area contributed by atoms with Crippen LogP contribution in [0.15, 0.2) is 54.6 Å². The molecule has 4 nitrogen and oxygen atoms in total. The van der Waals surface area contributed by atoms with E-state index in [1.54, 1.807) is 7.11 Å². The first-order valence-corrected chi connectivity index (χ1v) is 8.18. The Labute approximate surface area is 138 Å². The smallest absolute Gasteiger partial charge is 0.142 e.